The summed E-state index contributed by atoms with van der Waals surface area (Å²) < 4.78 is 5.20. The van der Waals surface area contributed by atoms with Gasteiger partial charge in [-0.1, -0.05) is 64.0 Å². The average molecular weight is 377 g/mol. The summed E-state index contributed by atoms with van der Waals surface area (Å²) in [6.07, 6.45) is 19.0. The zero-order valence-corrected chi connectivity index (χ0v) is 17.1. The highest BCUT2D eigenvalue weighted by molar-refractivity contribution is 6.20. The molecule has 0 spiro atoms. The van der Waals surface area contributed by atoms with Crippen molar-refractivity contribution < 1.29 is 19.4 Å². The van der Waals surface area contributed by atoms with Crippen LogP contribution in [0, 0.1) is 0 Å². The van der Waals surface area contributed by atoms with Gasteiger partial charge in [0.2, 0.25) is 11.6 Å². The van der Waals surface area contributed by atoms with Crippen LogP contribution in [0.25, 0.3) is 0 Å². The highest BCUT2D eigenvalue weighted by Crippen LogP contribution is 2.23. The quantitative estimate of drug-likeness (QED) is 0.212. The van der Waals surface area contributed by atoms with Crippen molar-refractivity contribution in [3.63, 3.8) is 0 Å². The van der Waals surface area contributed by atoms with Crippen LogP contribution in [0.5, 0.6) is 0 Å². The van der Waals surface area contributed by atoms with Gasteiger partial charge in [0.05, 0.1) is 6.61 Å². The average Bonchev–Trinajstić information content (AvgIpc) is 2.66. The molecule has 1 aliphatic carbocycles. The van der Waals surface area contributed by atoms with Crippen molar-refractivity contribution in [3.05, 3.63) is 35.3 Å². The Kier molecular flexibility index (Phi) is 12.2. The molecule has 4 heteroatoms. The lowest BCUT2D eigenvalue weighted by Crippen LogP contribution is -2.21. The standard InChI is InChI=1S/C23H36O4/c1-3-5-6-7-8-9-10-11-12-13-14-15-16-17-19-22(25)20(24)18-21(23(19)26)27-4-2/h7-8,18,25H,3-6,9-17H2,1-2H3. The molecule has 0 aromatic rings. The van der Waals surface area contributed by atoms with Gasteiger partial charge in [-0.15, -0.1) is 0 Å². The lowest BCUT2D eigenvalue weighted by Gasteiger charge is -2.15. The fourth-order valence-corrected chi connectivity index (χ4v) is 3.16. The van der Waals surface area contributed by atoms with E-state index in [1.54, 1.807) is 6.92 Å². The largest absolute Gasteiger partial charge is 0.504 e. The van der Waals surface area contributed by atoms with Gasteiger partial charge < -0.3 is 9.84 Å². The molecule has 0 aromatic carbocycles. The van der Waals surface area contributed by atoms with E-state index in [0.29, 0.717) is 13.0 Å². The first-order valence-corrected chi connectivity index (χ1v) is 10.6. The summed E-state index contributed by atoms with van der Waals surface area (Å²) in [5, 5.41) is 9.89. The van der Waals surface area contributed by atoms with E-state index in [4.69, 9.17) is 4.74 Å². The van der Waals surface area contributed by atoms with Crippen LogP contribution in [0.1, 0.15) is 90.9 Å². The molecule has 0 heterocycles. The molecule has 0 atom stereocenters. The predicted molar refractivity (Wildman–Crippen MR) is 110 cm³/mol. The Labute approximate surface area is 164 Å². The molecule has 0 aliphatic heterocycles. The molecule has 4 nitrogen and oxygen atoms in total. The van der Waals surface area contributed by atoms with E-state index in [1.807, 2.05) is 0 Å². The van der Waals surface area contributed by atoms with Crippen LogP contribution in [0.2, 0.25) is 0 Å². The first-order chi connectivity index (χ1) is 13.1. The van der Waals surface area contributed by atoms with E-state index >= 15 is 0 Å². The Balaban J connectivity index is 2.12. The van der Waals surface area contributed by atoms with Crippen LogP contribution in [0.15, 0.2) is 35.3 Å². The van der Waals surface area contributed by atoms with Crippen LogP contribution >= 0.6 is 0 Å². The van der Waals surface area contributed by atoms with Gasteiger partial charge >= 0.3 is 0 Å². The highest BCUT2D eigenvalue weighted by atomic mass is 16.5. The molecule has 0 aromatic heterocycles. The van der Waals surface area contributed by atoms with Gasteiger partial charge in [0, 0.05) is 11.6 Å². The van der Waals surface area contributed by atoms with Crippen molar-refractivity contribution in [2.75, 3.05) is 6.61 Å². The summed E-state index contributed by atoms with van der Waals surface area (Å²) >= 11 is 0. The van der Waals surface area contributed by atoms with E-state index in [2.05, 4.69) is 19.1 Å². The zero-order chi connectivity index (χ0) is 19.9. The molecule has 0 radical (unpaired) electrons. The molecule has 0 bridgehead atoms. The van der Waals surface area contributed by atoms with Crippen LogP contribution < -0.4 is 0 Å². The van der Waals surface area contributed by atoms with Gasteiger partial charge in [-0.25, -0.2) is 0 Å². The van der Waals surface area contributed by atoms with E-state index in [-0.39, 0.29) is 17.1 Å². The molecule has 27 heavy (non-hydrogen) atoms. The van der Waals surface area contributed by atoms with Gasteiger partial charge in [0.25, 0.3) is 0 Å². The molecule has 0 fully saturated rings. The molecule has 0 unspecified atom stereocenters. The molecule has 1 N–H and O–H groups in total. The fourth-order valence-electron chi connectivity index (χ4n) is 3.16. The Hall–Kier alpha value is -1.84. The van der Waals surface area contributed by atoms with Crippen molar-refractivity contribution in [2.24, 2.45) is 0 Å². The summed E-state index contributed by atoms with van der Waals surface area (Å²) in [5.41, 5.74) is 0.209. The molecule has 0 saturated heterocycles. The summed E-state index contributed by atoms with van der Waals surface area (Å²) in [6, 6.07) is 0. The number of carbonyl (C=O) groups is 2. The predicted octanol–water partition coefficient (Wildman–Crippen LogP) is 6.13. The molecule has 1 rings (SSSR count). The Morgan fingerprint density at radius 3 is 2.11 bits per heavy atom. The third-order valence-electron chi connectivity index (χ3n) is 4.77. The maximum Gasteiger partial charge on any atom is 0.227 e. The van der Waals surface area contributed by atoms with Gasteiger partial charge in [0.15, 0.2) is 11.5 Å². The molecule has 1 aliphatic rings. The minimum absolute atomic E-state index is 0.0547. The maximum absolute atomic E-state index is 12.3. The third kappa shape index (κ3) is 9.07. The number of aliphatic hydroxyl groups excluding tert-OH is 1. The number of ether oxygens (including phenoxy) is 1. The van der Waals surface area contributed by atoms with E-state index in [0.717, 1.165) is 25.3 Å². The number of aliphatic hydroxyl groups is 1. The Bertz CT molecular complexity index is 555. The van der Waals surface area contributed by atoms with E-state index in [9.17, 15) is 14.7 Å². The first kappa shape index (κ1) is 23.2. The lowest BCUT2D eigenvalue weighted by atomic mass is 9.94. The fraction of sp³-hybridized carbons (Fsp3) is 0.652. The van der Waals surface area contributed by atoms with Crippen LogP contribution in [0.4, 0.5) is 0 Å². The van der Waals surface area contributed by atoms with E-state index in [1.165, 1.54) is 51.4 Å². The monoisotopic (exact) mass is 376 g/mol. The summed E-state index contributed by atoms with van der Waals surface area (Å²) in [7, 11) is 0. The molecular weight excluding hydrogens is 340 g/mol. The minimum Gasteiger partial charge on any atom is -0.504 e. The smallest absolute Gasteiger partial charge is 0.227 e. The van der Waals surface area contributed by atoms with Gasteiger partial charge in [-0.05, 0) is 39.0 Å². The first-order valence-electron chi connectivity index (χ1n) is 10.6. The zero-order valence-electron chi connectivity index (χ0n) is 17.1. The molecular formula is C23H36O4. The maximum atomic E-state index is 12.3. The lowest BCUT2D eigenvalue weighted by molar-refractivity contribution is -0.120. The normalized spacial score (nSPS) is 15.0. The molecule has 0 saturated carbocycles. The second kappa shape index (κ2) is 14.2. The number of ketones is 2. The van der Waals surface area contributed by atoms with Gasteiger partial charge in [-0.2, -0.15) is 0 Å². The summed E-state index contributed by atoms with van der Waals surface area (Å²) in [4.78, 5) is 24.0. The number of allylic oxidation sites excluding steroid dienone is 4. The minimum atomic E-state index is -0.531. The van der Waals surface area contributed by atoms with Crippen LogP contribution in [0.3, 0.4) is 0 Å². The summed E-state index contributed by atoms with van der Waals surface area (Å²) in [5.74, 6) is -1.23. The van der Waals surface area contributed by atoms with Gasteiger partial charge in [0.1, 0.15) is 0 Å². The van der Waals surface area contributed by atoms with Crippen LogP contribution in [-0.2, 0) is 14.3 Å². The van der Waals surface area contributed by atoms with Crippen molar-refractivity contribution in [1.29, 1.82) is 0 Å². The second-order valence-electron chi connectivity index (χ2n) is 7.09. The van der Waals surface area contributed by atoms with Crippen molar-refractivity contribution in [1.82, 2.24) is 0 Å². The number of unbranched alkanes of at least 4 members (excludes halogenated alkanes) is 9. The number of Topliss-reactive ketones (excluding diaryl/α,β-unsaturated/α-hetero) is 1. The number of carbonyl (C=O) groups excluding carboxylic acids is 2. The highest BCUT2D eigenvalue weighted by Gasteiger charge is 2.28. The van der Waals surface area contributed by atoms with Gasteiger partial charge in [-0.3, -0.25) is 9.59 Å². The third-order valence-corrected chi connectivity index (χ3v) is 4.77. The van der Waals surface area contributed by atoms with Crippen molar-refractivity contribution >= 4 is 11.6 Å². The van der Waals surface area contributed by atoms with Crippen molar-refractivity contribution in [3.8, 4) is 0 Å². The van der Waals surface area contributed by atoms with Crippen LogP contribution in [-0.4, -0.2) is 23.3 Å². The SMILES string of the molecule is CCCCC=CCCCCCCCCCC1=C(O)C(=O)C=C(OCC)C1=O. The molecule has 152 valence electrons. The Morgan fingerprint density at radius 2 is 1.48 bits per heavy atom. The number of hydrogen-bond donors (Lipinski definition) is 1. The number of hydrogen-bond acceptors (Lipinski definition) is 4. The Morgan fingerprint density at radius 1 is 0.889 bits per heavy atom. The molecule has 0 amide bonds. The van der Waals surface area contributed by atoms with Crippen molar-refractivity contribution in [2.45, 2.75) is 90.9 Å². The second-order valence-corrected chi connectivity index (χ2v) is 7.09. The van der Waals surface area contributed by atoms with E-state index < -0.39 is 11.5 Å². The number of rotatable bonds is 15. The topological polar surface area (TPSA) is 63.6 Å². The summed E-state index contributed by atoms with van der Waals surface area (Å²) in [6.45, 7) is 4.31.